The van der Waals surface area contributed by atoms with Gasteiger partial charge in [-0.25, -0.2) is 8.78 Å². The summed E-state index contributed by atoms with van der Waals surface area (Å²) in [5, 5.41) is 0. The van der Waals surface area contributed by atoms with E-state index in [2.05, 4.69) is 4.90 Å². The van der Waals surface area contributed by atoms with Crippen LogP contribution in [-0.4, -0.2) is 37.0 Å². The minimum absolute atomic E-state index is 0.197. The second kappa shape index (κ2) is 8.79. The Hall–Kier alpha value is -2.43. The van der Waals surface area contributed by atoms with Gasteiger partial charge in [0.15, 0.2) is 0 Å². The van der Waals surface area contributed by atoms with Crippen molar-refractivity contribution in [3.05, 3.63) is 65.7 Å². The van der Waals surface area contributed by atoms with Crippen LogP contribution in [-0.2, 0) is 11.2 Å². The zero-order valence-electron chi connectivity index (χ0n) is 14.8. The summed E-state index contributed by atoms with van der Waals surface area (Å²) in [4.78, 5) is 16.4. The summed E-state index contributed by atoms with van der Waals surface area (Å²) in [6, 6.07) is 13.0. The molecule has 1 amide bonds. The molecule has 0 spiro atoms. The molecular weight excluding hydrogens is 334 g/mol. The normalized spacial score (nSPS) is 14.5. The molecule has 2 aromatic carbocycles. The van der Waals surface area contributed by atoms with Crippen molar-refractivity contribution < 1.29 is 13.6 Å². The number of hydrogen-bond acceptors (Lipinski definition) is 2. The molecule has 138 valence electrons. The molecular formula is C21H24F2N2O. The van der Waals surface area contributed by atoms with Crippen LogP contribution in [0.3, 0.4) is 0 Å². The summed E-state index contributed by atoms with van der Waals surface area (Å²) < 4.78 is 25.9. The van der Waals surface area contributed by atoms with Gasteiger partial charge in [0.1, 0.15) is 11.6 Å². The average molecular weight is 358 g/mol. The van der Waals surface area contributed by atoms with Gasteiger partial charge in [-0.15, -0.1) is 0 Å². The van der Waals surface area contributed by atoms with Gasteiger partial charge in [-0.2, -0.15) is 0 Å². The fourth-order valence-corrected chi connectivity index (χ4v) is 3.28. The summed E-state index contributed by atoms with van der Waals surface area (Å²) in [5.41, 5.74) is 2.10. The summed E-state index contributed by atoms with van der Waals surface area (Å²) in [6.07, 6.45) is 3.19. The summed E-state index contributed by atoms with van der Waals surface area (Å²) >= 11 is 0. The third-order valence-electron chi connectivity index (χ3n) is 4.84. The van der Waals surface area contributed by atoms with Crippen LogP contribution in [0.4, 0.5) is 14.5 Å². The molecule has 1 fully saturated rings. The monoisotopic (exact) mass is 358 g/mol. The standard InChI is InChI=1S/C21H24F2N2O/c22-18-7-5-17(6-8-18)3-1-2-4-21(26)25-15-13-24(14-16-25)20-11-9-19(23)10-12-20/h5-12H,1-4,13-16H2. The quantitative estimate of drug-likeness (QED) is 0.728. The summed E-state index contributed by atoms with van der Waals surface area (Å²) in [6.45, 7) is 2.95. The Morgan fingerprint density at radius 1 is 0.808 bits per heavy atom. The van der Waals surface area contributed by atoms with Crippen molar-refractivity contribution in [2.24, 2.45) is 0 Å². The van der Waals surface area contributed by atoms with E-state index >= 15 is 0 Å². The Morgan fingerprint density at radius 3 is 2.00 bits per heavy atom. The van der Waals surface area contributed by atoms with E-state index in [4.69, 9.17) is 0 Å². The number of unbranched alkanes of at least 4 members (excludes halogenated alkanes) is 1. The predicted molar refractivity (Wildman–Crippen MR) is 99.1 cm³/mol. The maximum absolute atomic E-state index is 13.0. The Bertz CT molecular complexity index is 708. The SMILES string of the molecule is O=C(CCCCc1ccc(F)cc1)N1CCN(c2ccc(F)cc2)CC1. The highest BCUT2D eigenvalue weighted by Crippen LogP contribution is 2.17. The zero-order chi connectivity index (χ0) is 18.4. The molecule has 1 aliphatic rings. The van der Waals surface area contributed by atoms with E-state index in [1.807, 2.05) is 4.90 Å². The van der Waals surface area contributed by atoms with Crippen LogP contribution in [0, 0.1) is 11.6 Å². The first-order chi connectivity index (χ1) is 12.6. The maximum Gasteiger partial charge on any atom is 0.222 e. The van der Waals surface area contributed by atoms with Gasteiger partial charge in [-0.1, -0.05) is 12.1 Å². The first-order valence-electron chi connectivity index (χ1n) is 9.14. The topological polar surface area (TPSA) is 23.6 Å². The first-order valence-corrected chi connectivity index (χ1v) is 9.14. The van der Waals surface area contributed by atoms with E-state index in [9.17, 15) is 13.6 Å². The fourth-order valence-electron chi connectivity index (χ4n) is 3.28. The maximum atomic E-state index is 13.0. The van der Waals surface area contributed by atoms with Crippen molar-refractivity contribution in [1.29, 1.82) is 0 Å². The summed E-state index contributed by atoms with van der Waals surface area (Å²) in [5.74, 6) is -0.255. The van der Waals surface area contributed by atoms with E-state index < -0.39 is 0 Å². The molecule has 3 nitrogen and oxygen atoms in total. The lowest BCUT2D eigenvalue weighted by Crippen LogP contribution is -2.48. The number of carbonyl (C=O) groups is 1. The second-order valence-electron chi connectivity index (χ2n) is 6.68. The van der Waals surface area contributed by atoms with Gasteiger partial charge in [0.2, 0.25) is 5.91 Å². The average Bonchev–Trinajstić information content (AvgIpc) is 2.67. The van der Waals surface area contributed by atoms with Crippen LogP contribution in [0.2, 0.25) is 0 Å². The van der Waals surface area contributed by atoms with Gasteiger partial charge in [-0.3, -0.25) is 4.79 Å². The molecule has 0 N–H and O–H groups in total. The fraction of sp³-hybridized carbons (Fsp3) is 0.381. The number of nitrogens with zero attached hydrogens (tertiary/aromatic N) is 2. The van der Waals surface area contributed by atoms with Crippen LogP contribution in [0.15, 0.2) is 48.5 Å². The third-order valence-corrected chi connectivity index (χ3v) is 4.84. The van der Waals surface area contributed by atoms with E-state index in [0.29, 0.717) is 19.5 Å². The molecule has 0 radical (unpaired) electrons. The van der Waals surface area contributed by atoms with Crippen molar-refractivity contribution in [2.75, 3.05) is 31.1 Å². The molecule has 2 aromatic rings. The third kappa shape index (κ3) is 5.04. The molecule has 5 heteroatoms. The van der Waals surface area contributed by atoms with Crippen LogP contribution in [0.5, 0.6) is 0 Å². The van der Waals surface area contributed by atoms with E-state index in [1.54, 1.807) is 24.3 Å². The molecule has 1 saturated heterocycles. The lowest BCUT2D eigenvalue weighted by Gasteiger charge is -2.36. The summed E-state index contributed by atoms with van der Waals surface area (Å²) in [7, 11) is 0. The lowest BCUT2D eigenvalue weighted by molar-refractivity contribution is -0.131. The van der Waals surface area contributed by atoms with E-state index in [0.717, 1.165) is 43.6 Å². The Morgan fingerprint density at radius 2 is 1.38 bits per heavy atom. The molecule has 0 atom stereocenters. The van der Waals surface area contributed by atoms with Crippen LogP contribution >= 0.6 is 0 Å². The van der Waals surface area contributed by atoms with Gasteiger partial charge < -0.3 is 9.80 Å². The van der Waals surface area contributed by atoms with E-state index in [1.165, 1.54) is 24.3 Å². The molecule has 0 aliphatic carbocycles. The first kappa shape index (κ1) is 18.4. The Balaban J connectivity index is 1.37. The molecule has 0 saturated carbocycles. The number of benzene rings is 2. The van der Waals surface area contributed by atoms with Gasteiger partial charge >= 0.3 is 0 Å². The van der Waals surface area contributed by atoms with Gasteiger partial charge in [0.25, 0.3) is 0 Å². The lowest BCUT2D eigenvalue weighted by atomic mass is 10.1. The minimum Gasteiger partial charge on any atom is -0.368 e. The number of amides is 1. The highest BCUT2D eigenvalue weighted by molar-refractivity contribution is 5.76. The number of rotatable bonds is 6. The van der Waals surface area contributed by atoms with Crippen LogP contribution in [0.25, 0.3) is 0 Å². The Kier molecular flexibility index (Phi) is 6.21. The number of aryl methyl sites for hydroxylation is 1. The number of hydrogen-bond donors (Lipinski definition) is 0. The minimum atomic E-state index is -0.233. The van der Waals surface area contributed by atoms with Gasteiger partial charge in [0.05, 0.1) is 0 Å². The molecule has 0 aromatic heterocycles. The number of anilines is 1. The van der Waals surface area contributed by atoms with Crippen molar-refractivity contribution in [2.45, 2.75) is 25.7 Å². The number of halogens is 2. The van der Waals surface area contributed by atoms with Crippen molar-refractivity contribution in [1.82, 2.24) is 4.90 Å². The van der Waals surface area contributed by atoms with Gasteiger partial charge in [-0.05, 0) is 61.2 Å². The van der Waals surface area contributed by atoms with Crippen molar-refractivity contribution in [3.63, 3.8) is 0 Å². The number of piperazine rings is 1. The molecule has 1 aliphatic heterocycles. The van der Waals surface area contributed by atoms with Crippen LogP contribution < -0.4 is 4.90 Å². The van der Waals surface area contributed by atoms with Crippen molar-refractivity contribution >= 4 is 11.6 Å². The predicted octanol–water partition coefficient (Wildman–Crippen LogP) is 4.03. The van der Waals surface area contributed by atoms with E-state index in [-0.39, 0.29) is 17.5 Å². The highest BCUT2D eigenvalue weighted by atomic mass is 19.1. The smallest absolute Gasteiger partial charge is 0.222 e. The molecule has 1 heterocycles. The zero-order valence-corrected chi connectivity index (χ0v) is 14.8. The largest absolute Gasteiger partial charge is 0.368 e. The molecule has 3 rings (SSSR count). The number of carbonyl (C=O) groups excluding carboxylic acids is 1. The van der Waals surface area contributed by atoms with Gasteiger partial charge in [0, 0.05) is 38.3 Å². The molecule has 26 heavy (non-hydrogen) atoms. The Labute approximate surface area is 153 Å². The highest BCUT2D eigenvalue weighted by Gasteiger charge is 2.20. The van der Waals surface area contributed by atoms with Crippen molar-refractivity contribution in [3.8, 4) is 0 Å². The van der Waals surface area contributed by atoms with Crippen LogP contribution in [0.1, 0.15) is 24.8 Å². The second-order valence-corrected chi connectivity index (χ2v) is 6.68. The molecule has 0 unspecified atom stereocenters. The molecule has 0 bridgehead atoms.